The van der Waals surface area contributed by atoms with E-state index in [-0.39, 0.29) is 11.9 Å². The average Bonchev–Trinajstić information content (AvgIpc) is 1.88. The van der Waals surface area contributed by atoms with Crippen molar-refractivity contribution in [2.75, 3.05) is 0 Å². The summed E-state index contributed by atoms with van der Waals surface area (Å²) in [6.07, 6.45) is 7.11. The molecule has 0 fully saturated rings. The second-order valence-corrected chi connectivity index (χ2v) is 2.17. The Morgan fingerprint density at radius 2 is 2.60 bits per heavy atom. The van der Waals surface area contributed by atoms with Crippen LogP contribution in [-0.4, -0.2) is 11.9 Å². The molecule has 0 unspecified atom stereocenters. The van der Waals surface area contributed by atoms with E-state index in [2.05, 4.69) is 0 Å². The standard InChI is InChI=1S/C8H10O2/c1-2-3-8-6-7(9)4-5-10-8/h2-5,8H,6H2,1H3/b3-2+/t8-/m0/s1. The van der Waals surface area contributed by atoms with E-state index in [1.54, 1.807) is 0 Å². The van der Waals surface area contributed by atoms with Gasteiger partial charge in [-0.25, -0.2) is 0 Å². The van der Waals surface area contributed by atoms with Gasteiger partial charge in [0.05, 0.1) is 12.7 Å². The smallest absolute Gasteiger partial charge is 0.162 e. The first kappa shape index (κ1) is 7.06. The van der Waals surface area contributed by atoms with Gasteiger partial charge in [-0.2, -0.15) is 0 Å². The second kappa shape index (κ2) is 3.20. The summed E-state index contributed by atoms with van der Waals surface area (Å²) in [4.78, 5) is 10.7. The van der Waals surface area contributed by atoms with Crippen molar-refractivity contribution in [2.24, 2.45) is 0 Å². The van der Waals surface area contributed by atoms with Gasteiger partial charge in [0.2, 0.25) is 0 Å². The summed E-state index contributed by atoms with van der Waals surface area (Å²) in [6, 6.07) is 0. The maximum absolute atomic E-state index is 10.7. The Bertz CT molecular complexity index is 180. The molecule has 1 heterocycles. The predicted molar refractivity (Wildman–Crippen MR) is 38.5 cm³/mol. The molecule has 1 atom stereocenters. The topological polar surface area (TPSA) is 26.3 Å². The van der Waals surface area contributed by atoms with E-state index in [1.165, 1.54) is 12.3 Å². The zero-order valence-corrected chi connectivity index (χ0v) is 5.91. The summed E-state index contributed by atoms with van der Waals surface area (Å²) in [5, 5.41) is 0. The van der Waals surface area contributed by atoms with Gasteiger partial charge in [0.1, 0.15) is 6.10 Å². The maximum atomic E-state index is 10.7. The summed E-state index contributed by atoms with van der Waals surface area (Å²) in [5.41, 5.74) is 0. The Morgan fingerprint density at radius 1 is 1.80 bits per heavy atom. The normalized spacial score (nSPS) is 25.3. The van der Waals surface area contributed by atoms with E-state index in [0.29, 0.717) is 6.42 Å². The lowest BCUT2D eigenvalue weighted by Gasteiger charge is -2.13. The van der Waals surface area contributed by atoms with Gasteiger partial charge in [0.15, 0.2) is 5.78 Å². The molecule has 2 nitrogen and oxygen atoms in total. The minimum absolute atomic E-state index is 0.0394. The fourth-order valence-corrected chi connectivity index (χ4v) is 0.859. The number of carbonyl (C=O) groups is 1. The minimum atomic E-state index is -0.0394. The van der Waals surface area contributed by atoms with Crippen LogP contribution in [0, 0.1) is 0 Å². The SMILES string of the molecule is C/C=C/[C@H]1CC(=O)C=CO1. The highest BCUT2D eigenvalue weighted by Crippen LogP contribution is 2.07. The molecule has 0 aromatic heterocycles. The number of allylic oxidation sites excluding steroid dienone is 2. The first-order chi connectivity index (χ1) is 4.83. The first-order valence-electron chi connectivity index (χ1n) is 3.30. The lowest BCUT2D eigenvalue weighted by atomic mass is 10.1. The molecule has 0 aromatic carbocycles. The van der Waals surface area contributed by atoms with Crippen LogP contribution in [0.2, 0.25) is 0 Å². The zero-order chi connectivity index (χ0) is 7.40. The summed E-state index contributed by atoms with van der Waals surface area (Å²) in [5.74, 6) is 0.134. The Labute approximate surface area is 60.2 Å². The third-order valence-corrected chi connectivity index (χ3v) is 1.32. The van der Waals surface area contributed by atoms with E-state index in [1.807, 2.05) is 19.1 Å². The van der Waals surface area contributed by atoms with Crippen molar-refractivity contribution in [3.8, 4) is 0 Å². The zero-order valence-electron chi connectivity index (χ0n) is 5.91. The molecule has 1 rings (SSSR count). The van der Waals surface area contributed by atoms with Gasteiger partial charge in [0, 0.05) is 6.08 Å². The number of ether oxygens (including phenoxy) is 1. The van der Waals surface area contributed by atoms with Gasteiger partial charge in [-0.05, 0) is 13.0 Å². The van der Waals surface area contributed by atoms with Crippen molar-refractivity contribution in [3.05, 3.63) is 24.5 Å². The van der Waals surface area contributed by atoms with Crippen molar-refractivity contribution in [1.82, 2.24) is 0 Å². The Balaban J connectivity index is 2.52. The predicted octanol–water partition coefficient (Wildman–Crippen LogP) is 1.43. The van der Waals surface area contributed by atoms with Crippen LogP contribution in [0.4, 0.5) is 0 Å². The lowest BCUT2D eigenvalue weighted by molar-refractivity contribution is -0.117. The average molecular weight is 138 g/mol. The number of carbonyl (C=O) groups excluding carboxylic acids is 1. The fourth-order valence-electron chi connectivity index (χ4n) is 0.859. The van der Waals surface area contributed by atoms with Gasteiger partial charge in [-0.1, -0.05) is 6.08 Å². The highest BCUT2D eigenvalue weighted by atomic mass is 16.5. The highest BCUT2D eigenvalue weighted by molar-refractivity contribution is 5.90. The summed E-state index contributed by atoms with van der Waals surface area (Å²) >= 11 is 0. The van der Waals surface area contributed by atoms with Gasteiger partial charge in [-0.15, -0.1) is 0 Å². The summed E-state index contributed by atoms with van der Waals surface area (Å²) in [6.45, 7) is 1.91. The number of rotatable bonds is 1. The molecule has 10 heavy (non-hydrogen) atoms. The lowest BCUT2D eigenvalue weighted by Crippen LogP contribution is -2.15. The maximum Gasteiger partial charge on any atom is 0.162 e. The van der Waals surface area contributed by atoms with E-state index in [0.717, 1.165) is 0 Å². The van der Waals surface area contributed by atoms with Gasteiger partial charge in [-0.3, -0.25) is 4.79 Å². The van der Waals surface area contributed by atoms with Crippen LogP contribution in [0.15, 0.2) is 24.5 Å². The van der Waals surface area contributed by atoms with E-state index in [9.17, 15) is 4.79 Å². The molecule has 1 aliphatic rings. The molecule has 0 spiro atoms. The molecular formula is C8H10O2. The first-order valence-corrected chi connectivity index (χ1v) is 3.30. The van der Waals surface area contributed by atoms with Crippen molar-refractivity contribution < 1.29 is 9.53 Å². The molecule has 0 bridgehead atoms. The quantitative estimate of drug-likeness (QED) is 0.512. The molecule has 0 saturated carbocycles. The van der Waals surface area contributed by atoms with E-state index < -0.39 is 0 Å². The molecule has 1 aliphatic heterocycles. The van der Waals surface area contributed by atoms with Crippen LogP contribution >= 0.6 is 0 Å². The second-order valence-electron chi connectivity index (χ2n) is 2.17. The molecule has 0 N–H and O–H groups in total. The monoisotopic (exact) mass is 138 g/mol. The summed E-state index contributed by atoms with van der Waals surface area (Å²) < 4.78 is 5.10. The van der Waals surface area contributed by atoms with Crippen molar-refractivity contribution in [2.45, 2.75) is 19.4 Å². The Hall–Kier alpha value is -1.05. The molecule has 0 amide bonds. The van der Waals surface area contributed by atoms with Crippen molar-refractivity contribution >= 4 is 5.78 Å². The molecule has 0 aliphatic carbocycles. The molecular weight excluding hydrogens is 128 g/mol. The van der Waals surface area contributed by atoms with Gasteiger partial charge >= 0.3 is 0 Å². The number of hydrogen-bond acceptors (Lipinski definition) is 2. The molecule has 0 radical (unpaired) electrons. The van der Waals surface area contributed by atoms with Crippen LogP contribution in [0.1, 0.15) is 13.3 Å². The highest BCUT2D eigenvalue weighted by Gasteiger charge is 2.12. The van der Waals surface area contributed by atoms with Crippen LogP contribution < -0.4 is 0 Å². The van der Waals surface area contributed by atoms with Crippen molar-refractivity contribution in [3.63, 3.8) is 0 Å². The van der Waals surface area contributed by atoms with Gasteiger partial charge < -0.3 is 4.74 Å². The Morgan fingerprint density at radius 3 is 3.20 bits per heavy atom. The van der Waals surface area contributed by atoms with E-state index in [4.69, 9.17) is 4.74 Å². The third-order valence-electron chi connectivity index (χ3n) is 1.32. The molecule has 0 saturated heterocycles. The molecule has 54 valence electrons. The summed E-state index contributed by atoms with van der Waals surface area (Å²) in [7, 11) is 0. The van der Waals surface area contributed by atoms with E-state index >= 15 is 0 Å². The van der Waals surface area contributed by atoms with Crippen LogP contribution in [0.3, 0.4) is 0 Å². The molecule has 2 heteroatoms. The molecule has 0 aromatic rings. The minimum Gasteiger partial charge on any atom is -0.493 e. The van der Waals surface area contributed by atoms with Crippen LogP contribution in [0.25, 0.3) is 0 Å². The Kier molecular flexibility index (Phi) is 2.26. The largest absolute Gasteiger partial charge is 0.493 e. The third kappa shape index (κ3) is 1.72. The van der Waals surface area contributed by atoms with Crippen LogP contribution in [-0.2, 0) is 9.53 Å². The van der Waals surface area contributed by atoms with Crippen LogP contribution in [0.5, 0.6) is 0 Å². The fraction of sp³-hybridized carbons (Fsp3) is 0.375. The van der Waals surface area contributed by atoms with Gasteiger partial charge in [0.25, 0.3) is 0 Å². The number of ketones is 1. The van der Waals surface area contributed by atoms with Crippen molar-refractivity contribution in [1.29, 1.82) is 0 Å². The number of hydrogen-bond donors (Lipinski definition) is 0.